The van der Waals surface area contributed by atoms with E-state index in [0.29, 0.717) is 34.9 Å². The van der Waals surface area contributed by atoms with Gasteiger partial charge in [-0.2, -0.15) is 0 Å². The van der Waals surface area contributed by atoms with Gasteiger partial charge in [-0.3, -0.25) is 14.6 Å². The topological polar surface area (TPSA) is 65.5 Å². The number of nitrogens with one attached hydrogen (secondary N) is 1. The molecule has 2 heterocycles. The first kappa shape index (κ1) is 20.2. The van der Waals surface area contributed by atoms with Gasteiger partial charge in [-0.1, -0.05) is 17.7 Å². The molecule has 1 aliphatic heterocycles. The number of amides is 2. The zero-order valence-corrected chi connectivity index (χ0v) is 17.7. The predicted octanol–water partition coefficient (Wildman–Crippen LogP) is 4.12. The molecule has 0 saturated carbocycles. The standard InChI is InChI=1S/C23H23ClN4O2/c1-15-3-8-20-21(13-18(26-16(2)29)14-22(20)25-15)23(30)28-11-9-27(10-12-28)19-6-4-17(24)5-7-19/h3-8,13-14H,9-12H2,1-2H3,(H,26,29). The first-order valence-corrected chi connectivity index (χ1v) is 10.3. The highest BCUT2D eigenvalue weighted by atomic mass is 35.5. The molecule has 3 aromatic rings. The van der Waals surface area contributed by atoms with Crippen molar-refractivity contribution in [3.05, 3.63) is 64.8 Å². The quantitative estimate of drug-likeness (QED) is 0.689. The Morgan fingerprint density at radius 1 is 1.00 bits per heavy atom. The maximum absolute atomic E-state index is 13.4. The van der Waals surface area contributed by atoms with Crippen molar-refractivity contribution >= 4 is 45.7 Å². The molecular formula is C23H23ClN4O2. The number of aryl methyl sites for hydroxylation is 1. The minimum Gasteiger partial charge on any atom is -0.368 e. The van der Waals surface area contributed by atoms with E-state index in [0.717, 1.165) is 29.9 Å². The van der Waals surface area contributed by atoms with Gasteiger partial charge in [0.2, 0.25) is 5.91 Å². The molecule has 1 N–H and O–H groups in total. The summed E-state index contributed by atoms with van der Waals surface area (Å²) in [6.45, 7) is 6.08. The predicted molar refractivity (Wildman–Crippen MR) is 120 cm³/mol. The molecular weight excluding hydrogens is 400 g/mol. The van der Waals surface area contributed by atoms with Gasteiger partial charge in [-0.15, -0.1) is 0 Å². The normalized spacial score (nSPS) is 14.1. The molecule has 2 amide bonds. The molecule has 1 aromatic heterocycles. The third kappa shape index (κ3) is 4.24. The van der Waals surface area contributed by atoms with E-state index in [4.69, 9.17) is 11.6 Å². The molecule has 0 bridgehead atoms. The summed E-state index contributed by atoms with van der Waals surface area (Å²) in [6.07, 6.45) is 0. The molecule has 6 nitrogen and oxygen atoms in total. The smallest absolute Gasteiger partial charge is 0.254 e. The van der Waals surface area contributed by atoms with E-state index in [1.54, 1.807) is 12.1 Å². The lowest BCUT2D eigenvalue weighted by Crippen LogP contribution is -2.48. The zero-order valence-electron chi connectivity index (χ0n) is 17.0. The first-order valence-electron chi connectivity index (χ1n) is 9.89. The van der Waals surface area contributed by atoms with Gasteiger partial charge < -0.3 is 15.1 Å². The minimum atomic E-state index is -0.183. The van der Waals surface area contributed by atoms with Crippen LogP contribution >= 0.6 is 11.6 Å². The number of anilines is 2. The second-order valence-corrected chi connectivity index (χ2v) is 7.92. The summed E-state index contributed by atoms with van der Waals surface area (Å²) in [5.74, 6) is -0.231. The highest BCUT2D eigenvalue weighted by molar-refractivity contribution is 6.30. The lowest BCUT2D eigenvalue weighted by Gasteiger charge is -2.36. The zero-order chi connectivity index (χ0) is 21.3. The SMILES string of the molecule is CC(=O)Nc1cc(C(=O)N2CCN(c3ccc(Cl)cc3)CC2)c2ccc(C)nc2c1. The number of halogens is 1. The Morgan fingerprint density at radius 2 is 1.70 bits per heavy atom. The van der Waals surface area contributed by atoms with Crippen LogP contribution in [0.3, 0.4) is 0 Å². The molecule has 1 saturated heterocycles. The molecule has 0 atom stereocenters. The number of rotatable bonds is 3. The van der Waals surface area contributed by atoms with Crippen LogP contribution in [0.15, 0.2) is 48.5 Å². The van der Waals surface area contributed by atoms with Crippen LogP contribution in [0, 0.1) is 6.92 Å². The van der Waals surface area contributed by atoms with Gasteiger partial charge in [0.25, 0.3) is 5.91 Å². The molecule has 7 heteroatoms. The Morgan fingerprint density at radius 3 is 2.37 bits per heavy atom. The number of nitrogens with zero attached hydrogens (tertiary/aromatic N) is 3. The van der Waals surface area contributed by atoms with Gasteiger partial charge in [0.15, 0.2) is 0 Å². The number of hydrogen-bond acceptors (Lipinski definition) is 4. The average Bonchev–Trinajstić information content (AvgIpc) is 2.72. The van der Waals surface area contributed by atoms with Gasteiger partial charge in [0, 0.05) is 60.6 Å². The second-order valence-electron chi connectivity index (χ2n) is 7.48. The minimum absolute atomic E-state index is 0.0476. The van der Waals surface area contributed by atoms with Crippen molar-refractivity contribution in [2.75, 3.05) is 36.4 Å². The fourth-order valence-corrected chi connectivity index (χ4v) is 3.91. The van der Waals surface area contributed by atoms with Crippen LogP contribution in [0.5, 0.6) is 0 Å². The Bertz CT molecular complexity index is 1110. The summed E-state index contributed by atoms with van der Waals surface area (Å²) < 4.78 is 0. The molecule has 4 rings (SSSR count). The van der Waals surface area contributed by atoms with Crippen LogP contribution in [0.4, 0.5) is 11.4 Å². The molecule has 0 aliphatic carbocycles. The Balaban J connectivity index is 1.58. The summed E-state index contributed by atoms with van der Waals surface area (Å²) in [5, 5.41) is 4.28. The molecule has 154 valence electrons. The van der Waals surface area contributed by atoms with E-state index in [9.17, 15) is 9.59 Å². The monoisotopic (exact) mass is 422 g/mol. The van der Waals surface area contributed by atoms with Gasteiger partial charge >= 0.3 is 0 Å². The van der Waals surface area contributed by atoms with E-state index in [-0.39, 0.29) is 11.8 Å². The largest absolute Gasteiger partial charge is 0.368 e. The molecule has 1 aliphatic rings. The highest BCUT2D eigenvalue weighted by Gasteiger charge is 2.24. The van der Waals surface area contributed by atoms with Crippen molar-refractivity contribution in [1.82, 2.24) is 9.88 Å². The maximum Gasteiger partial charge on any atom is 0.254 e. The summed E-state index contributed by atoms with van der Waals surface area (Å²) in [5.41, 5.74) is 3.80. The number of fused-ring (bicyclic) bond motifs is 1. The van der Waals surface area contributed by atoms with E-state index in [2.05, 4.69) is 15.2 Å². The van der Waals surface area contributed by atoms with E-state index >= 15 is 0 Å². The number of carbonyl (C=O) groups is 2. The van der Waals surface area contributed by atoms with Crippen molar-refractivity contribution in [3.8, 4) is 0 Å². The van der Waals surface area contributed by atoms with Crippen molar-refractivity contribution in [3.63, 3.8) is 0 Å². The summed E-state index contributed by atoms with van der Waals surface area (Å²) >= 11 is 5.98. The fraction of sp³-hybridized carbons (Fsp3) is 0.261. The molecule has 1 fully saturated rings. The van der Waals surface area contributed by atoms with Crippen molar-refractivity contribution in [2.24, 2.45) is 0 Å². The van der Waals surface area contributed by atoms with E-state index in [1.165, 1.54) is 6.92 Å². The number of piperazine rings is 1. The van der Waals surface area contributed by atoms with Crippen LogP contribution in [0.2, 0.25) is 5.02 Å². The Kier molecular flexibility index (Phi) is 5.59. The van der Waals surface area contributed by atoms with E-state index < -0.39 is 0 Å². The van der Waals surface area contributed by atoms with Crippen LogP contribution in [-0.4, -0.2) is 47.9 Å². The molecule has 0 radical (unpaired) electrons. The lowest BCUT2D eigenvalue weighted by molar-refractivity contribution is -0.114. The maximum atomic E-state index is 13.4. The van der Waals surface area contributed by atoms with Crippen molar-refractivity contribution < 1.29 is 9.59 Å². The summed E-state index contributed by atoms with van der Waals surface area (Å²) in [4.78, 5) is 33.6. The molecule has 0 spiro atoms. The summed E-state index contributed by atoms with van der Waals surface area (Å²) in [6, 6.07) is 15.1. The van der Waals surface area contributed by atoms with Crippen molar-refractivity contribution in [1.29, 1.82) is 0 Å². The average molecular weight is 423 g/mol. The molecule has 30 heavy (non-hydrogen) atoms. The third-order valence-corrected chi connectivity index (χ3v) is 5.51. The lowest BCUT2D eigenvalue weighted by atomic mass is 10.0. The number of carbonyl (C=O) groups excluding carboxylic acids is 2. The second kappa shape index (κ2) is 8.32. The first-order chi connectivity index (χ1) is 14.4. The number of pyridine rings is 1. The Hall–Kier alpha value is -3.12. The summed E-state index contributed by atoms with van der Waals surface area (Å²) in [7, 11) is 0. The van der Waals surface area contributed by atoms with Crippen LogP contribution in [0.1, 0.15) is 23.0 Å². The van der Waals surface area contributed by atoms with Gasteiger partial charge in [-0.05, 0) is 49.4 Å². The van der Waals surface area contributed by atoms with Gasteiger partial charge in [0.05, 0.1) is 11.1 Å². The van der Waals surface area contributed by atoms with Gasteiger partial charge in [-0.25, -0.2) is 0 Å². The van der Waals surface area contributed by atoms with Crippen molar-refractivity contribution in [2.45, 2.75) is 13.8 Å². The number of hydrogen-bond donors (Lipinski definition) is 1. The van der Waals surface area contributed by atoms with Crippen LogP contribution < -0.4 is 10.2 Å². The van der Waals surface area contributed by atoms with E-state index in [1.807, 2.05) is 48.2 Å². The number of aromatic nitrogens is 1. The van der Waals surface area contributed by atoms with Crippen LogP contribution in [-0.2, 0) is 4.79 Å². The molecule has 0 unspecified atom stereocenters. The van der Waals surface area contributed by atoms with Crippen LogP contribution in [0.25, 0.3) is 10.9 Å². The molecule has 2 aromatic carbocycles. The van der Waals surface area contributed by atoms with Gasteiger partial charge in [0.1, 0.15) is 0 Å². The third-order valence-electron chi connectivity index (χ3n) is 5.26. The fourth-order valence-electron chi connectivity index (χ4n) is 3.78. The Labute approximate surface area is 180 Å². The number of benzene rings is 2. The highest BCUT2D eigenvalue weighted by Crippen LogP contribution is 2.26.